The molecule has 1 aromatic heterocycles. The Balaban J connectivity index is 1.67. The van der Waals surface area contributed by atoms with E-state index in [1.807, 2.05) is 12.1 Å². The summed E-state index contributed by atoms with van der Waals surface area (Å²) in [5.74, 6) is -0.218. The molecule has 1 aliphatic rings. The van der Waals surface area contributed by atoms with Gasteiger partial charge in [-0.3, -0.25) is 4.98 Å². The Labute approximate surface area is 162 Å². The maximum absolute atomic E-state index is 14.4. The number of hydrogen-bond acceptors (Lipinski definition) is 4. The molecule has 146 valence electrons. The summed E-state index contributed by atoms with van der Waals surface area (Å²) in [6.07, 6.45) is 3.18. The Hall–Kier alpha value is -2.73. The zero-order valence-electron chi connectivity index (χ0n) is 15.7. The van der Waals surface area contributed by atoms with Crippen molar-refractivity contribution in [1.29, 1.82) is 0 Å². The van der Waals surface area contributed by atoms with Gasteiger partial charge in [0, 0.05) is 37.1 Å². The van der Waals surface area contributed by atoms with Crippen LogP contribution in [0.2, 0.25) is 0 Å². The molecule has 2 aromatic carbocycles. The first-order valence-electron chi connectivity index (χ1n) is 9.32. The highest BCUT2D eigenvalue weighted by atomic mass is 19.1. The van der Waals surface area contributed by atoms with Gasteiger partial charge in [0.1, 0.15) is 22.9 Å². The van der Waals surface area contributed by atoms with Crippen LogP contribution in [-0.4, -0.2) is 31.9 Å². The van der Waals surface area contributed by atoms with Crippen molar-refractivity contribution < 1.29 is 18.3 Å². The number of halogens is 2. The van der Waals surface area contributed by atoms with Crippen LogP contribution in [0.15, 0.2) is 48.7 Å². The number of pyridine rings is 1. The molecule has 1 aliphatic heterocycles. The van der Waals surface area contributed by atoms with Gasteiger partial charge < -0.3 is 14.8 Å². The number of nitrogens with zero attached hydrogens (tertiary/aromatic N) is 1. The number of hydrogen-bond donors (Lipinski definition) is 1. The molecule has 4 rings (SSSR count). The summed E-state index contributed by atoms with van der Waals surface area (Å²) in [7, 11) is 1.64. The molecule has 6 heteroatoms. The van der Waals surface area contributed by atoms with Crippen molar-refractivity contribution in [2.75, 3.05) is 32.2 Å². The third kappa shape index (κ3) is 3.40. The maximum atomic E-state index is 14.4. The first-order chi connectivity index (χ1) is 13.6. The van der Waals surface area contributed by atoms with Crippen LogP contribution < -0.4 is 10.1 Å². The first kappa shape index (κ1) is 18.6. The normalized spacial score (nSPS) is 16.1. The number of anilines is 1. The molecular weight excluding hydrogens is 362 g/mol. The van der Waals surface area contributed by atoms with Gasteiger partial charge in [-0.15, -0.1) is 0 Å². The van der Waals surface area contributed by atoms with E-state index in [2.05, 4.69) is 22.4 Å². The van der Waals surface area contributed by atoms with Crippen molar-refractivity contribution in [1.82, 2.24) is 4.98 Å². The molecule has 0 unspecified atom stereocenters. The van der Waals surface area contributed by atoms with Gasteiger partial charge in [-0.2, -0.15) is 0 Å². The zero-order valence-corrected chi connectivity index (χ0v) is 15.7. The van der Waals surface area contributed by atoms with Gasteiger partial charge in [0.05, 0.1) is 12.5 Å². The second-order valence-corrected chi connectivity index (χ2v) is 7.09. The summed E-state index contributed by atoms with van der Waals surface area (Å²) in [6.45, 7) is 1.90. The Morgan fingerprint density at radius 1 is 1.04 bits per heavy atom. The van der Waals surface area contributed by atoms with Crippen LogP contribution in [0.5, 0.6) is 5.75 Å². The van der Waals surface area contributed by atoms with Crippen molar-refractivity contribution in [2.24, 2.45) is 0 Å². The van der Waals surface area contributed by atoms with Gasteiger partial charge in [0.2, 0.25) is 0 Å². The highest BCUT2D eigenvalue weighted by Gasteiger charge is 2.34. The molecular formula is C22H22F2N2O2. The van der Waals surface area contributed by atoms with Crippen LogP contribution in [0.3, 0.4) is 0 Å². The summed E-state index contributed by atoms with van der Waals surface area (Å²) in [5.41, 5.74) is 1.59. The van der Waals surface area contributed by atoms with E-state index >= 15 is 0 Å². The number of aromatic nitrogens is 1. The zero-order chi connectivity index (χ0) is 19.6. The van der Waals surface area contributed by atoms with E-state index in [1.54, 1.807) is 13.2 Å². The Kier molecular flexibility index (Phi) is 5.13. The van der Waals surface area contributed by atoms with Crippen LogP contribution in [0, 0.1) is 11.6 Å². The lowest BCUT2D eigenvalue weighted by molar-refractivity contribution is 0.0544. The van der Waals surface area contributed by atoms with E-state index < -0.39 is 11.6 Å². The molecule has 0 bridgehead atoms. The Morgan fingerprint density at radius 3 is 2.46 bits per heavy atom. The van der Waals surface area contributed by atoms with E-state index in [1.165, 1.54) is 11.8 Å². The Morgan fingerprint density at radius 2 is 1.75 bits per heavy atom. The summed E-state index contributed by atoms with van der Waals surface area (Å²) < 4.78 is 39.3. The molecule has 1 N–H and O–H groups in total. The minimum absolute atomic E-state index is 0.0375. The summed E-state index contributed by atoms with van der Waals surface area (Å²) in [5, 5.41) is 3.54. The second kappa shape index (κ2) is 7.72. The van der Waals surface area contributed by atoms with Crippen molar-refractivity contribution in [2.45, 2.75) is 18.3 Å². The Bertz CT molecular complexity index is 970. The van der Waals surface area contributed by atoms with Crippen molar-refractivity contribution in [3.8, 4) is 5.75 Å². The van der Waals surface area contributed by atoms with Crippen LogP contribution in [0.4, 0.5) is 14.5 Å². The average molecular weight is 384 g/mol. The predicted molar refractivity (Wildman–Crippen MR) is 105 cm³/mol. The molecule has 1 saturated heterocycles. The lowest BCUT2D eigenvalue weighted by atomic mass is 9.74. The molecule has 4 nitrogen and oxygen atoms in total. The SMILES string of the molecule is COc1ccc(C2(CNc3ccnc4c(F)ccc(F)c34)CCOCC2)cc1. The molecule has 2 heterocycles. The number of nitrogens with one attached hydrogen (secondary N) is 1. The van der Waals surface area contributed by atoms with Gasteiger partial charge in [-0.05, 0) is 48.7 Å². The van der Waals surface area contributed by atoms with Crippen molar-refractivity contribution in [3.63, 3.8) is 0 Å². The third-order valence-corrected chi connectivity index (χ3v) is 5.56. The molecule has 0 amide bonds. The second-order valence-electron chi connectivity index (χ2n) is 7.09. The van der Waals surface area contributed by atoms with Crippen molar-refractivity contribution in [3.05, 3.63) is 65.9 Å². The first-order valence-corrected chi connectivity index (χ1v) is 9.32. The molecule has 1 fully saturated rings. The van der Waals surface area contributed by atoms with Gasteiger partial charge in [-0.1, -0.05) is 12.1 Å². The lowest BCUT2D eigenvalue weighted by Crippen LogP contribution is -2.40. The van der Waals surface area contributed by atoms with Crippen LogP contribution >= 0.6 is 0 Å². The summed E-state index contributed by atoms with van der Waals surface area (Å²) in [6, 6.07) is 12.0. The van der Waals surface area contributed by atoms with Crippen molar-refractivity contribution >= 4 is 16.6 Å². The number of benzene rings is 2. The topological polar surface area (TPSA) is 43.4 Å². The quantitative estimate of drug-likeness (QED) is 0.694. The largest absolute Gasteiger partial charge is 0.497 e. The molecule has 0 spiro atoms. The van der Waals surface area contributed by atoms with Crippen LogP contribution in [0.25, 0.3) is 10.9 Å². The van der Waals surface area contributed by atoms with E-state index in [0.717, 1.165) is 30.7 Å². The van der Waals surface area contributed by atoms with Gasteiger partial charge in [-0.25, -0.2) is 8.78 Å². The highest BCUT2D eigenvalue weighted by Crippen LogP contribution is 2.37. The van der Waals surface area contributed by atoms with Crippen LogP contribution in [-0.2, 0) is 10.2 Å². The highest BCUT2D eigenvalue weighted by molar-refractivity contribution is 5.91. The smallest absolute Gasteiger partial charge is 0.149 e. The summed E-state index contributed by atoms with van der Waals surface area (Å²) >= 11 is 0. The van der Waals surface area contributed by atoms with Crippen LogP contribution in [0.1, 0.15) is 18.4 Å². The fourth-order valence-electron chi connectivity index (χ4n) is 3.88. The molecule has 3 aromatic rings. The van der Waals surface area contributed by atoms with Gasteiger partial charge in [0.25, 0.3) is 0 Å². The summed E-state index contributed by atoms with van der Waals surface area (Å²) in [4.78, 5) is 4.00. The number of methoxy groups -OCH3 is 1. The van der Waals surface area contributed by atoms with E-state index in [-0.39, 0.29) is 16.3 Å². The minimum Gasteiger partial charge on any atom is -0.497 e. The molecule has 28 heavy (non-hydrogen) atoms. The lowest BCUT2D eigenvalue weighted by Gasteiger charge is -2.38. The number of rotatable bonds is 5. The van der Waals surface area contributed by atoms with E-state index in [0.29, 0.717) is 25.4 Å². The molecule has 0 radical (unpaired) electrons. The van der Waals surface area contributed by atoms with E-state index in [9.17, 15) is 8.78 Å². The number of ether oxygens (including phenoxy) is 2. The monoisotopic (exact) mass is 384 g/mol. The third-order valence-electron chi connectivity index (χ3n) is 5.56. The average Bonchev–Trinajstić information content (AvgIpc) is 2.75. The van der Waals surface area contributed by atoms with Gasteiger partial charge in [0.15, 0.2) is 0 Å². The molecule has 0 atom stereocenters. The standard InChI is InChI=1S/C22H22F2N2O2/c1-27-16-4-2-15(3-5-16)22(9-12-28-13-10-22)14-26-19-8-11-25-21-18(24)7-6-17(23)20(19)21/h2-8,11H,9-10,12-14H2,1H3,(H,25,26). The predicted octanol–water partition coefficient (Wildman–Crippen LogP) is 4.68. The molecule has 0 saturated carbocycles. The maximum Gasteiger partial charge on any atom is 0.149 e. The minimum atomic E-state index is -0.531. The fourth-order valence-corrected chi connectivity index (χ4v) is 3.88. The number of fused-ring (bicyclic) bond motifs is 1. The van der Waals surface area contributed by atoms with E-state index in [4.69, 9.17) is 9.47 Å². The fraction of sp³-hybridized carbons (Fsp3) is 0.318. The van der Waals surface area contributed by atoms with Gasteiger partial charge >= 0.3 is 0 Å². The molecule has 0 aliphatic carbocycles.